The van der Waals surface area contributed by atoms with Gasteiger partial charge in [-0.3, -0.25) is 4.79 Å². The maximum absolute atomic E-state index is 11.4. The Bertz CT molecular complexity index is 736. The standard InChI is InChI=1S/C23H33NO3/c1-14(24-26)19-7-8-20-18-6-5-16-13-17(27-15(2)25)9-11-22(16,3)21(18)10-12-23(19,20)4/h5,7,17-18,20-21,26H,6,8-13H2,1-4H3/t17-,18-,20-,21-,22-,23+/m0/s1. The van der Waals surface area contributed by atoms with E-state index >= 15 is 0 Å². The first-order valence-corrected chi connectivity index (χ1v) is 10.6. The fraction of sp³-hybridized carbons (Fsp3) is 0.739. The van der Waals surface area contributed by atoms with Crippen LogP contribution in [0, 0.1) is 28.6 Å². The second kappa shape index (κ2) is 6.49. The highest BCUT2D eigenvalue weighted by Gasteiger charge is 2.57. The maximum Gasteiger partial charge on any atom is 0.302 e. The van der Waals surface area contributed by atoms with E-state index in [9.17, 15) is 10.0 Å². The number of esters is 1. The van der Waals surface area contributed by atoms with Crippen molar-refractivity contribution < 1.29 is 14.7 Å². The largest absolute Gasteiger partial charge is 0.462 e. The lowest BCUT2D eigenvalue weighted by Gasteiger charge is -2.57. The minimum Gasteiger partial charge on any atom is -0.462 e. The summed E-state index contributed by atoms with van der Waals surface area (Å²) in [4.78, 5) is 11.4. The third-order valence-corrected chi connectivity index (χ3v) is 8.51. The summed E-state index contributed by atoms with van der Waals surface area (Å²) in [5, 5.41) is 12.8. The number of oxime groups is 1. The van der Waals surface area contributed by atoms with Crippen LogP contribution in [0.4, 0.5) is 0 Å². The zero-order valence-electron chi connectivity index (χ0n) is 17.1. The Morgan fingerprint density at radius 2 is 1.85 bits per heavy atom. The van der Waals surface area contributed by atoms with Gasteiger partial charge >= 0.3 is 5.97 Å². The van der Waals surface area contributed by atoms with Gasteiger partial charge in [-0.05, 0) is 79.6 Å². The van der Waals surface area contributed by atoms with Crippen LogP contribution in [-0.2, 0) is 9.53 Å². The van der Waals surface area contributed by atoms with Gasteiger partial charge in [-0.2, -0.15) is 0 Å². The summed E-state index contributed by atoms with van der Waals surface area (Å²) in [6.45, 7) is 8.30. The molecule has 6 atom stereocenters. The van der Waals surface area contributed by atoms with Crippen LogP contribution in [0.15, 0.2) is 28.5 Å². The monoisotopic (exact) mass is 371 g/mol. The predicted molar refractivity (Wildman–Crippen MR) is 106 cm³/mol. The SMILES string of the molecule is CC(=O)O[C@H]1CC[C@@]2(C)C(=CC[C@@H]3[C@@H]2CC[C@]2(C)C(C(C)=NO)=CC[C@@H]32)C1. The van der Waals surface area contributed by atoms with Crippen molar-refractivity contribution in [2.45, 2.75) is 78.7 Å². The first-order chi connectivity index (χ1) is 12.8. The van der Waals surface area contributed by atoms with Gasteiger partial charge in [0.1, 0.15) is 6.10 Å². The predicted octanol–water partition coefficient (Wildman–Crippen LogP) is 5.27. The number of nitrogens with zero attached hydrogens (tertiary/aromatic N) is 1. The molecule has 0 unspecified atom stereocenters. The molecule has 4 rings (SSSR count). The van der Waals surface area contributed by atoms with Crippen molar-refractivity contribution >= 4 is 11.7 Å². The van der Waals surface area contributed by atoms with E-state index in [0.29, 0.717) is 17.8 Å². The maximum atomic E-state index is 11.4. The third kappa shape index (κ3) is 2.78. The second-order valence-electron chi connectivity index (χ2n) is 9.73. The number of hydrogen-bond donors (Lipinski definition) is 1. The third-order valence-electron chi connectivity index (χ3n) is 8.51. The molecule has 2 saturated carbocycles. The molecule has 0 spiro atoms. The number of fused-ring (bicyclic) bond motifs is 5. The molecule has 0 heterocycles. The van der Waals surface area contributed by atoms with Crippen molar-refractivity contribution in [1.29, 1.82) is 0 Å². The molecule has 0 saturated heterocycles. The van der Waals surface area contributed by atoms with Crippen molar-refractivity contribution in [1.82, 2.24) is 0 Å². The van der Waals surface area contributed by atoms with Gasteiger partial charge in [-0.25, -0.2) is 0 Å². The lowest BCUT2D eigenvalue weighted by Crippen LogP contribution is -2.50. The summed E-state index contributed by atoms with van der Waals surface area (Å²) in [5.74, 6) is 1.90. The summed E-state index contributed by atoms with van der Waals surface area (Å²) in [6, 6.07) is 0. The van der Waals surface area contributed by atoms with E-state index in [4.69, 9.17) is 4.74 Å². The number of ether oxygens (including phenoxy) is 1. The Morgan fingerprint density at radius 1 is 1.11 bits per heavy atom. The van der Waals surface area contributed by atoms with Gasteiger partial charge in [0.05, 0.1) is 5.71 Å². The minimum atomic E-state index is -0.156. The number of carbonyl (C=O) groups excluding carboxylic acids is 1. The van der Waals surface area contributed by atoms with E-state index in [0.717, 1.165) is 37.8 Å². The summed E-state index contributed by atoms with van der Waals surface area (Å²) < 4.78 is 5.53. The molecular weight excluding hydrogens is 338 g/mol. The fourth-order valence-corrected chi connectivity index (χ4v) is 7.14. The summed E-state index contributed by atoms with van der Waals surface area (Å²) in [6.07, 6.45) is 12.6. The summed E-state index contributed by atoms with van der Waals surface area (Å²) >= 11 is 0. The number of carbonyl (C=O) groups is 1. The van der Waals surface area contributed by atoms with Crippen LogP contribution in [0.5, 0.6) is 0 Å². The lowest BCUT2D eigenvalue weighted by atomic mass is 9.47. The first-order valence-electron chi connectivity index (χ1n) is 10.6. The highest BCUT2D eigenvalue weighted by molar-refractivity contribution is 5.99. The Morgan fingerprint density at radius 3 is 2.56 bits per heavy atom. The molecular formula is C23H33NO3. The highest BCUT2D eigenvalue weighted by Crippen LogP contribution is 2.65. The average Bonchev–Trinajstić information content (AvgIpc) is 2.98. The van der Waals surface area contributed by atoms with Crippen LogP contribution < -0.4 is 0 Å². The molecule has 0 bridgehead atoms. The van der Waals surface area contributed by atoms with Gasteiger partial charge in [-0.1, -0.05) is 36.7 Å². The smallest absolute Gasteiger partial charge is 0.302 e. The van der Waals surface area contributed by atoms with Crippen LogP contribution >= 0.6 is 0 Å². The van der Waals surface area contributed by atoms with E-state index < -0.39 is 0 Å². The molecule has 0 aromatic heterocycles. The number of hydrogen-bond acceptors (Lipinski definition) is 4. The second-order valence-corrected chi connectivity index (χ2v) is 9.73. The van der Waals surface area contributed by atoms with Crippen LogP contribution in [0.25, 0.3) is 0 Å². The number of allylic oxidation sites excluding steroid dienone is 3. The number of rotatable bonds is 2. The van der Waals surface area contributed by atoms with Crippen LogP contribution in [0.1, 0.15) is 72.6 Å². The van der Waals surface area contributed by atoms with E-state index in [1.807, 2.05) is 6.92 Å². The normalized spacial score (nSPS) is 43.8. The van der Waals surface area contributed by atoms with Gasteiger partial charge in [-0.15, -0.1) is 0 Å². The van der Waals surface area contributed by atoms with Gasteiger partial charge in [0.25, 0.3) is 0 Å². The summed E-state index contributed by atoms with van der Waals surface area (Å²) in [7, 11) is 0. The van der Waals surface area contributed by atoms with Crippen molar-refractivity contribution in [3.05, 3.63) is 23.3 Å². The highest BCUT2D eigenvalue weighted by atomic mass is 16.5. The molecule has 0 aromatic carbocycles. The molecule has 27 heavy (non-hydrogen) atoms. The van der Waals surface area contributed by atoms with E-state index in [1.54, 1.807) is 0 Å². The Hall–Kier alpha value is -1.58. The van der Waals surface area contributed by atoms with Crippen molar-refractivity contribution in [2.24, 2.45) is 33.7 Å². The van der Waals surface area contributed by atoms with Crippen LogP contribution in [0.3, 0.4) is 0 Å². The van der Waals surface area contributed by atoms with Crippen molar-refractivity contribution in [3.8, 4) is 0 Å². The van der Waals surface area contributed by atoms with Gasteiger partial charge < -0.3 is 9.94 Å². The van der Waals surface area contributed by atoms with E-state index in [2.05, 4.69) is 31.2 Å². The molecule has 1 N–H and O–H groups in total. The molecule has 4 aliphatic carbocycles. The van der Waals surface area contributed by atoms with Gasteiger partial charge in [0.2, 0.25) is 0 Å². The van der Waals surface area contributed by atoms with E-state index in [1.165, 1.54) is 30.9 Å². The topological polar surface area (TPSA) is 58.9 Å². The van der Waals surface area contributed by atoms with Crippen LogP contribution in [0.2, 0.25) is 0 Å². The van der Waals surface area contributed by atoms with Crippen molar-refractivity contribution in [2.75, 3.05) is 0 Å². The van der Waals surface area contributed by atoms with Gasteiger partial charge in [0.15, 0.2) is 0 Å². The van der Waals surface area contributed by atoms with Gasteiger partial charge in [0, 0.05) is 13.3 Å². The minimum absolute atomic E-state index is 0.0652. The molecule has 0 amide bonds. The quantitative estimate of drug-likeness (QED) is 0.237. The first kappa shape index (κ1) is 18.8. The lowest BCUT2D eigenvalue weighted by molar-refractivity contribution is -0.148. The Kier molecular flexibility index (Phi) is 4.51. The molecule has 0 aliphatic heterocycles. The zero-order chi connectivity index (χ0) is 19.4. The molecule has 4 aliphatic rings. The zero-order valence-corrected chi connectivity index (χ0v) is 17.1. The van der Waals surface area contributed by atoms with E-state index in [-0.39, 0.29) is 22.9 Å². The summed E-state index contributed by atoms with van der Waals surface area (Å²) in [5.41, 5.74) is 3.99. The molecule has 0 aromatic rings. The fourth-order valence-electron chi connectivity index (χ4n) is 7.14. The Balaban J connectivity index is 1.59. The molecule has 2 fully saturated rings. The molecule has 148 valence electrons. The van der Waals surface area contributed by atoms with Crippen molar-refractivity contribution in [3.63, 3.8) is 0 Å². The molecule has 0 radical (unpaired) electrons. The average molecular weight is 372 g/mol. The molecule has 4 heteroatoms. The Labute approximate surface area is 162 Å². The molecule has 4 nitrogen and oxygen atoms in total. The van der Waals surface area contributed by atoms with Crippen LogP contribution in [-0.4, -0.2) is 23.0 Å².